The highest BCUT2D eigenvalue weighted by Gasteiger charge is 2.31. The van der Waals surface area contributed by atoms with Crippen LogP contribution in [0.15, 0.2) is 24.3 Å². The Kier molecular flexibility index (Phi) is 5.85. The maximum atomic E-state index is 12.6. The Balaban J connectivity index is 2.90. The van der Waals surface area contributed by atoms with Gasteiger partial charge in [0.15, 0.2) is 0 Å². The van der Waals surface area contributed by atoms with Crippen molar-refractivity contribution in [2.75, 3.05) is 13.2 Å². The van der Waals surface area contributed by atoms with Crippen LogP contribution in [0.5, 0.6) is 11.5 Å². The third-order valence-electron chi connectivity index (χ3n) is 3.45. The van der Waals surface area contributed by atoms with E-state index in [4.69, 9.17) is 14.2 Å². The molecule has 0 spiro atoms. The lowest BCUT2D eigenvalue weighted by molar-refractivity contribution is 0.0471. The Labute approximate surface area is 146 Å². The molecule has 2 rings (SSSR count). The number of rotatable bonds is 6. The lowest BCUT2D eigenvalue weighted by atomic mass is 9.97. The van der Waals surface area contributed by atoms with E-state index in [-0.39, 0.29) is 41.9 Å². The summed E-state index contributed by atoms with van der Waals surface area (Å²) in [6, 6.07) is 6.84. The monoisotopic (exact) mass is 346 g/mol. The Morgan fingerprint density at radius 3 is 2.00 bits per heavy atom. The highest BCUT2D eigenvalue weighted by atomic mass is 16.5. The van der Waals surface area contributed by atoms with E-state index in [2.05, 4.69) is 0 Å². The van der Waals surface area contributed by atoms with Gasteiger partial charge in [-0.05, 0) is 27.7 Å². The minimum Gasteiger partial charge on any atom is -0.506 e. The van der Waals surface area contributed by atoms with Crippen LogP contribution in [0.3, 0.4) is 0 Å². The molecule has 0 atom stereocenters. The number of phenols is 1. The molecule has 0 aliphatic carbocycles. The standard InChI is InChI=1S/C19H22O6/c1-5-23-18(21)14-15(19(22)24-6-2)17(25-11(3)4)13-10-8-7-9-12(13)16(14)20/h7-11,20H,5-6H2,1-4H3. The number of hydrogen-bond donors (Lipinski definition) is 1. The fourth-order valence-corrected chi connectivity index (χ4v) is 2.55. The highest BCUT2D eigenvalue weighted by Crippen LogP contribution is 2.41. The summed E-state index contributed by atoms with van der Waals surface area (Å²) in [4.78, 5) is 25.0. The normalized spacial score (nSPS) is 10.8. The first-order chi connectivity index (χ1) is 11.9. The van der Waals surface area contributed by atoms with E-state index >= 15 is 0 Å². The van der Waals surface area contributed by atoms with E-state index in [1.165, 1.54) is 0 Å². The third kappa shape index (κ3) is 3.68. The quantitative estimate of drug-likeness (QED) is 0.804. The van der Waals surface area contributed by atoms with E-state index in [1.54, 1.807) is 52.0 Å². The van der Waals surface area contributed by atoms with Gasteiger partial charge >= 0.3 is 11.9 Å². The number of carbonyl (C=O) groups is 2. The zero-order chi connectivity index (χ0) is 18.6. The maximum Gasteiger partial charge on any atom is 0.342 e. The zero-order valence-electron chi connectivity index (χ0n) is 14.8. The van der Waals surface area contributed by atoms with E-state index in [0.717, 1.165) is 0 Å². The molecule has 0 saturated carbocycles. The van der Waals surface area contributed by atoms with Crippen molar-refractivity contribution in [3.8, 4) is 11.5 Å². The first-order valence-corrected chi connectivity index (χ1v) is 8.20. The Hall–Kier alpha value is -2.76. The second kappa shape index (κ2) is 7.88. The van der Waals surface area contributed by atoms with Crippen molar-refractivity contribution >= 4 is 22.7 Å². The summed E-state index contributed by atoms with van der Waals surface area (Å²) in [5.41, 5.74) is -0.361. The van der Waals surface area contributed by atoms with Gasteiger partial charge in [-0.15, -0.1) is 0 Å². The van der Waals surface area contributed by atoms with Crippen molar-refractivity contribution in [2.24, 2.45) is 0 Å². The maximum absolute atomic E-state index is 12.6. The van der Waals surface area contributed by atoms with Gasteiger partial charge in [-0.1, -0.05) is 24.3 Å². The number of benzene rings is 2. The van der Waals surface area contributed by atoms with Crippen LogP contribution in [0.2, 0.25) is 0 Å². The Morgan fingerprint density at radius 2 is 1.48 bits per heavy atom. The number of hydrogen-bond acceptors (Lipinski definition) is 6. The molecule has 0 unspecified atom stereocenters. The first kappa shape index (κ1) is 18.6. The van der Waals surface area contributed by atoms with Gasteiger partial charge in [0.2, 0.25) is 0 Å². The number of aromatic hydroxyl groups is 1. The molecule has 6 heteroatoms. The molecule has 0 saturated heterocycles. The van der Waals surface area contributed by atoms with Crippen LogP contribution in [0.4, 0.5) is 0 Å². The second-order valence-electron chi connectivity index (χ2n) is 5.58. The summed E-state index contributed by atoms with van der Waals surface area (Å²) in [5.74, 6) is -1.68. The first-order valence-electron chi connectivity index (χ1n) is 8.20. The lowest BCUT2D eigenvalue weighted by Gasteiger charge is -2.20. The largest absolute Gasteiger partial charge is 0.506 e. The number of carbonyl (C=O) groups excluding carboxylic acids is 2. The molecular weight excluding hydrogens is 324 g/mol. The predicted molar refractivity (Wildman–Crippen MR) is 93.3 cm³/mol. The molecule has 2 aromatic rings. The minimum atomic E-state index is -0.803. The summed E-state index contributed by atoms with van der Waals surface area (Å²) in [6.45, 7) is 7.14. The van der Waals surface area contributed by atoms with Crippen molar-refractivity contribution in [1.82, 2.24) is 0 Å². The number of fused-ring (bicyclic) bond motifs is 1. The molecule has 0 heterocycles. The molecule has 0 fully saturated rings. The van der Waals surface area contributed by atoms with E-state index in [1.807, 2.05) is 0 Å². The van der Waals surface area contributed by atoms with Crippen molar-refractivity contribution in [3.05, 3.63) is 35.4 Å². The van der Waals surface area contributed by atoms with Crippen LogP contribution in [0, 0.1) is 0 Å². The van der Waals surface area contributed by atoms with Crippen LogP contribution in [-0.2, 0) is 9.47 Å². The van der Waals surface area contributed by atoms with E-state index < -0.39 is 11.9 Å². The summed E-state index contributed by atoms with van der Waals surface area (Å²) < 4.78 is 15.9. The average Bonchev–Trinajstić information content (AvgIpc) is 2.57. The second-order valence-corrected chi connectivity index (χ2v) is 5.58. The fourth-order valence-electron chi connectivity index (χ4n) is 2.55. The van der Waals surface area contributed by atoms with Crippen molar-refractivity contribution < 1.29 is 28.9 Å². The van der Waals surface area contributed by atoms with Crippen LogP contribution in [0.25, 0.3) is 10.8 Å². The number of esters is 2. The molecule has 0 aromatic heterocycles. The summed E-state index contributed by atoms with van der Waals surface area (Å²) in [6.07, 6.45) is -0.254. The van der Waals surface area contributed by atoms with Gasteiger partial charge in [0, 0.05) is 10.8 Å². The molecule has 2 aromatic carbocycles. The van der Waals surface area contributed by atoms with Crippen molar-refractivity contribution in [1.29, 1.82) is 0 Å². The highest BCUT2D eigenvalue weighted by molar-refractivity contribution is 6.14. The van der Waals surface area contributed by atoms with Gasteiger partial charge in [-0.25, -0.2) is 9.59 Å². The van der Waals surface area contributed by atoms with Gasteiger partial charge in [0.25, 0.3) is 0 Å². The Morgan fingerprint density at radius 1 is 0.960 bits per heavy atom. The molecule has 25 heavy (non-hydrogen) atoms. The van der Waals surface area contributed by atoms with Gasteiger partial charge in [-0.3, -0.25) is 0 Å². The van der Waals surface area contributed by atoms with E-state index in [9.17, 15) is 14.7 Å². The fraction of sp³-hybridized carbons (Fsp3) is 0.368. The summed E-state index contributed by atoms with van der Waals surface area (Å²) in [7, 11) is 0. The lowest BCUT2D eigenvalue weighted by Crippen LogP contribution is -2.18. The molecular formula is C19H22O6. The smallest absolute Gasteiger partial charge is 0.342 e. The van der Waals surface area contributed by atoms with Gasteiger partial charge in [0.1, 0.15) is 22.6 Å². The minimum absolute atomic E-state index is 0.105. The molecule has 0 bridgehead atoms. The number of ether oxygens (including phenoxy) is 3. The predicted octanol–water partition coefficient (Wildman–Crippen LogP) is 3.69. The molecule has 0 aliphatic rings. The van der Waals surface area contributed by atoms with E-state index in [0.29, 0.717) is 10.8 Å². The van der Waals surface area contributed by atoms with Gasteiger partial charge < -0.3 is 19.3 Å². The molecule has 0 amide bonds. The van der Waals surface area contributed by atoms with Crippen LogP contribution < -0.4 is 4.74 Å². The summed E-state index contributed by atoms with van der Waals surface area (Å²) >= 11 is 0. The molecule has 0 aliphatic heterocycles. The Bertz CT molecular complexity index is 794. The van der Waals surface area contributed by atoms with Gasteiger partial charge in [-0.2, -0.15) is 0 Å². The molecule has 0 radical (unpaired) electrons. The van der Waals surface area contributed by atoms with Crippen LogP contribution >= 0.6 is 0 Å². The van der Waals surface area contributed by atoms with Gasteiger partial charge in [0.05, 0.1) is 19.3 Å². The van der Waals surface area contributed by atoms with Crippen molar-refractivity contribution in [2.45, 2.75) is 33.8 Å². The average molecular weight is 346 g/mol. The molecule has 6 nitrogen and oxygen atoms in total. The molecule has 134 valence electrons. The van der Waals surface area contributed by atoms with Crippen molar-refractivity contribution in [3.63, 3.8) is 0 Å². The number of phenolic OH excluding ortho intramolecular Hbond substituents is 1. The topological polar surface area (TPSA) is 82.1 Å². The zero-order valence-corrected chi connectivity index (χ0v) is 14.8. The third-order valence-corrected chi connectivity index (χ3v) is 3.45. The molecule has 1 N–H and O–H groups in total. The summed E-state index contributed by atoms with van der Waals surface area (Å²) in [5, 5.41) is 11.6. The SMILES string of the molecule is CCOC(=O)c1c(C(=O)OCC)c(OC(C)C)c2ccccc2c1O. The van der Waals surface area contributed by atoms with Crippen LogP contribution in [0.1, 0.15) is 48.4 Å². The van der Waals surface area contributed by atoms with Crippen LogP contribution in [-0.4, -0.2) is 36.4 Å².